The minimum Gasteiger partial charge on any atom is -0.308 e. The monoisotopic (exact) mass is 210 g/mol. The summed E-state index contributed by atoms with van der Waals surface area (Å²) >= 11 is 0. The Morgan fingerprint density at radius 2 is 1.12 bits per heavy atom. The van der Waals surface area contributed by atoms with Crippen molar-refractivity contribution >= 4 is 23.2 Å². The molecule has 0 aliphatic heterocycles. The van der Waals surface area contributed by atoms with E-state index in [1.807, 2.05) is 12.1 Å². The Morgan fingerprint density at radius 1 is 0.750 bits per heavy atom. The lowest BCUT2D eigenvalue weighted by atomic mass is 9.98. The van der Waals surface area contributed by atoms with Gasteiger partial charge in [0.25, 0.3) is 0 Å². The summed E-state index contributed by atoms with van der Waals surface area (Å²) in [6.07, 6.45) is 2.60. The number of aryl methyl sites for hydroxylation is 2. The van der Waals surface area contributed by atoms with Crippen LogP contribution in [0.15, 0.2) is 24.3 Å². The van der Waals surface area contributed by atoms with Crippen LogP contribution in [0.5, 0.6) is 0 Å². The summed E-state index contributed by atoms with van der Waals surface area (Å²) in [5.41, 5.74) is 4.11. The molecule has 0 aliphatic rings. The molecule has 16 heavy (non-hydrogen) atoms. The van der Waals surface area contributed by atoms with Gasteiger partial charge in [-0.25, -0.2) is 0 Å². The lowest BCUT2D eigenvalue weighted by Gasteiger charge is -2.07. The number of hydrogen-bond donors (Lipinski definition) is 2. The number of benzene rings is 2. The van der Waals surface area contributed by atoms with Gasteiger partial charge >= 0.3 is 0 Å². The van der Waals surface area contributed by atoms with Crippen molar-refractivity contribution in [2.45, 2.75) is 13.8 Å². The van der Waals surface area contributed by atoms with Crippen molar-refractivity contribution < 1.29 is 0 Å². The molecule has 2 rings (SSSR count). The van der Waals surface area contributed by atoms with Gasteiger partial charge in [-0.3, -0.25) is 0 Å². The van der Waals surface area contributed by atoms with Crippen molar-refractivity contribution in [2.75, 3.05) is 0 Å². The van der Waals surface area contributed by atoms with Gasteiger partial charge in [-0.2, -0.15) is 0 Å². The van der Waals surface area contributed by atoms with Gasteiger partial charge in [-0.1, -0.05) is 12.1 Å². The fourth-order valence-electron chi connectivity index (χ4n) is 1.86. The second-order valence-corrected chi connectivity index (χ2v) is 4.05. The second-order valence-electron chi connectivity index (χ2n) is 4.05. The van der Waals surface area contributed by atoms with Crippen LogP contribution in [-0.2, 0) is 0 Å². The topological polar surface area (TPSA) is 47.7 Å². The van der Waals surface area contributed by atoms with Crippen LogP contribution < -0.4 is 0 Å². The minimum absolute atomic E-state index is 0.797. The minimum atomic E-state index is 0.797. The molecule has 0 aliphatic carbocycles. The molecule has 2 N–H and O–H groups in total. The summed E-state index contributed by atoms with van der Waals surface area (Å²) in [5.74, 6) is 0. The summed E-state index contributed by atoms with van der Waals surface area (Å²) in [5, 5.41) is 16.9. The van der Waals surface area contributed by atoms with E-state index in [1.165, 1.54) is 23.6 Å². The lowest BCUT2D eigenvalue weighted by molar-refractivity contribution is 1.36. The van der Waals surface area contributed by atoms with E-state index in [2.05, 4.69) is 26.0 Å². The van der Waals surface area contributed by atoms with Crippen LogP contribution in [0.2, 0.25) is 0 Å². The molecule has 0 saturated carbocycles. The smallest absolute Gasteiger partial charge is 0.0257 e. The third kappa shape index (κ3) is 1.63. The zero-order valence-electron chi connectivity index (χ0n) is 9.46. The van der Waals surface area contributed by atoms with Crippen LogP contribution in [-0.4, -0.2) is 12.4 Å². The first-order valence-corrected chi connectivity index (χ1v) is 5.21. The third-order valence-corrected chi connectivity index (χ3v) is 2.97. The van der Waals surface area contributed by atoms with E-state index in [1.54, 1.807) is 0 Å². The van der Waals surface area contributed by atoms with Crippen molar-refractivity contribution in [1.82, 2.24) is 0 Å². The molecule has 2 nitrogen and oxygen atoms in total. The molecule has 0 amide bonds. The number of rotatable bonds is 2. The molecule has 0 fully saturated rings. The first kappa shape index (κ1) is 10.6. The molecule has 2 aromatic carbocycles. The van der Waals surface area contributed by atoms with Crippen molar-refractivity contribution in [3.05, 3.63) is 46.5 Å². The first-order chi connectivity index (χ1) is 7.65. The van der Waals surface area contributed by atoms with E-state index >= 15 is 0 Å². The van der Waals surface area contributed by atoms with Crippen LogP contribution in [0, 0.1) is 24.7 Å². The maximum Gasteiger partial charge on any atom is 0.0257 e. The standard InChI is InChI=1S/C14H14N2/c1-9-3-11-5-13(7-15)14(8-16)6-12(11)4-10(9)2/h3-8,15-16H,1-2H3. The van der Waals surface area contributed by atoms with Gasteiger partial charge in [0.1, 0.15) is 0 Å². The first-order valence-electron chi connectivity index (χ1n) is 5.21. The zero-order chi connectivity index (χ0) is 11.7. The van der Waals surface area contributed by atoms with E-state index in [9.17, 15) is 0 Å². The van der Waals surface area contributed by atoms with E-state index in [0.717, 1.165) is 21.9 Å². The predicted octanol–water partition coefficient (Wildman–Crippen LogP) is 3.45. The fraction of sp³-hybridized carbons (Fsp3) is 0.143. The zero-order valence-corrected chi connectivity index (χ0v) is 9.46. The van der Waals surface area contributed by atoms with E-state index in [4.69, 9.17) is 10.8 Å². The SMILES string of the molecule is Cc1cc2cc(C=N)c(C=N)cc2cc1C. The Labute approximate surface area is 94.9 Å². The summed E-state index contributed by atoms with van der Waals surface area (Å²) in [7, 11) is 0. The Balaban J connectivity index is 2.83. The highest BCUT2D eigenvalue weighted by atomic mass is 14.4. The van der Waals surface area contributed by atoms with Crippen LogP contribution >= 0.6 is 0 Å². The summed E-state index contributed by atoms with van der Waals surface area (Å²) in [4.78, 5) is 0. The number of fused-ring (bicyclic) bond motifs is 1. The van der Waals surface area contributed by atoms with Crippen molar-refractivity contribution in [3.8, 4) is 0 Å². The molecule has 80 valence electrons. The van der Waals surface area contributed by atoms with Crippen molar-refractivity contribution in [2.24, 2.45) is 0 Å². The molecule has 0 aromatic heterocycles. The van der Waals surface area contributed by atoms with Crippen molar-refractivity contribution in [3.63, 3.8) is 0 Å². The molecular weight excluding hydrogens is 196 g/mol. The maximum atomic E-state index is 7.33. The summed E-state index contributed by atoms with van der Waals surface area (Å²) in [6, 6.07) is 8.20. The molecular formula is C14H14N2. The molecule has 0 atom stereocenters. The van der Waals surface area contributed by atoms with Gasteiger partial charge in [-0.15, -0.1) is 0 Å². The van der Waals surface area contributed by atoms with Crippen LogP contribution in [0.1, 0.15) is 22.3 Å². The fourth-order valence-corrected chi connectivity index (χ4v) is 1.86. The Bertz CT molecular complexity index is 530. The Morgan fingerprint density at radius 3 is 1.44 bits per heavy atom. The van der Waals surface area contributed by atoms with Gasteiger partial charge in [0.05, 0.1) is 0 Å². The lowest BCUT2D eigenvalue weighted by Crippen LogP contribution is -1.92. The number of hydrogen-bond acceptors (Lipinski definition) is 2. The third-order valence-electron chi connectivity index (χ3n) is 2.97. The summed E-state index contributed by atoms with van der Waals surface area (Å²) < 4.78 is 0. The molecule has 0 saturated heterocycles. The van der Waals surface area contributed by atoms with E-state index in [-0.39, 0.29) is 0 Å². The van der Waals surface area contributed by atoms with E-state index in [0.29, 0.717) is 0 Å². The highest BCUT2D eigenvalue weighted by Crippen LogP contribution is 2.22. The molecule has 2 aromatic rings. The number of nitrogens with one attached hydrogen (secondary N) is 2. The highest BCUT2D eigenvalue weighted by Gasteiger charge is 2.03. The molecule has 2 heteroatoms. The van der Waals surface area contributed by atoms with Gasteiger partial charge in [-0.05, 0) is 47.9 Å². The molecule has 0 spiro atoms. The van der Waals surface area contributed by atoms with Gasteiger partial charge in [0, 0.05) is 23.6 Å². The quantitative estimate of drug-likeness (QED) is 0.713. The van der Waals surface area contributed by atoms with Crippen LogP contribution in [0.4, 0.5) is 0 Å². The second kappa shape index (κ2) is 3.89. The van der Waals surface area contributed by atoms with Gasteiger partial charge in [0.15, 0.2) is 0 Å². The van der Waals surface area contributed by atoms with Crippen LogP contribution in [0.25, 0.3) is 10.8 Å². The largest absolute Gasteiger partial charge is 0.308 e. The normalized spacial score (nSPS) is 10.4. The summed E-state index contributed by atoms with van der Waals surface area (Å²) in [6.45, 7) is 4.17. The average molecular weight is 210 g/mol. The van der Waals surface area contributed by atoms with E-state index < -0.39 is 0 Å². The predicted molar refractivity (Wildman–Crippen MR) is 69.2 cm³/mol. The highest BCUT2D eigenvalue weighted by molar-refractivity contribution is 5.99. The Kier molecular flexibility index (Phi) is 2.57. The molecule has 0 heterocycles. The van der Waals surface area contributed by atoms with Gasteiger partial charge in [0.2, 0.25) is 0 Å². The maximum absolute atomic E-state index is 7.33. The molecule has 0 unspecified atom stereocenters. The van der Waals surface area contributed by atoms with Gasteiger partial charge < -0.3 is 10.8 Å². The average Bonchev–Trinajstić information content (AvgIpc) is 2.29. The van der Waals surface area contributed by atoms with Crippen LogP contribution in [0.3, 0.4) is 0 Å². The van der Waals surface area contributed by atoms with Crippen molar-refractivity contribution in [1.29, 1.82) is 10.8 Å². The molecule has 0 radical (unpaired) electrons. The molecule has 0 bridgehead atoms. The Hall–Kier alpha value is -1.96.